The maximum Gasteiger partial charge on any atom is 0.335 e. The predicted molar refractivity (Wildman–Crippen MR) is 107 cm³/mol. The molecule has 1 heterocycles. The van der Waals surface area contributed by atoms with Crippen LogP contribution in [0.5, 0.6) is 5.75 Å². The number of carboxylic acids is 2. The van der Waals surface area contributed by atoms with Gasteiger partial charge in [0.25, 0.3) is 11.8 Å². The molecular weight excluding hydrogens is 454 g/mol. The van der Waals surface area contributed by atoms with Gasteiger partial charge in [-0.1, -0.05) is 23.9 Å². The SMILES string of the molecule is O=C([O-])c1ccc(S(=O)(=O)c2ccc3c(c2)C(=O)N(c2ccc([O-])c(C(=O)O)c2)C3=O)cc1. The number of carboxylic acid groups (broad SMARTS) is 2. The summed E-state index contributed by atoms with van der Waals surface area (Å²) in [7, 11) is -4.16. The zero-order valence-electron chi connectivity index (χ0n) is 16.3. The largest absolute Gasteiger partial charge is 0.872 e. The molecule has 166 valence electrons. The lowest BCUT2D eigenvalue weighted by atomic mass is 10.1. The lowest BCUT2D eigenvalue weighted by molar-refractivity contribution is -0.268. The van der Waals surface area contributed by atoms with Gasteiger partial charge in [-0.15, -0.1) is 0 Å². The number of benzene rings is 3. The third-order valence-electron chi connectivity index (χ3n) is 5.02. The number of anilines is 1. The molecule has 1 N–H and O–H groups in total. The summed E-state index contributed by atoms with van der Waals surface area (Å²) in [6, 6.07) is 10.5. The first-order valence-corrected chi connectivity index (χ1v) is 10.6. The number of sulfone groups is 1. The van der Waals surface area contributed by atoms with Crippen molar-refractivity contribution in [1.82, 2.24) is 0 Å². The lowest BCUT2D eigenvalue weighted by Crippen LogP contribution is -2.29. The number of fused-ring (bicyclic) bond motifs is 1. The first kappa shape index (κ1) is 21.7. The topological polar surface area (TPSA) is 172 Å². The smallest absolute Gasteiger partial charge is 0.335 e. The molecule has 0 fully saturated rings. The van der Waals surface area contributed by atoms with Gasteiger partial charge < -0.3 is 20.1 Å². The molecule has 0 bridgehead atoms. The molecule has 0 unspecified atom stereocenters. The fourth-order valence-corrected chi connectivity index (χ4v) is 4.64. The summed E-state index contributed by atoms with van der Waals surface area (Å²) in [5.74, 6) is -5.52. The zero-order valence-corrected chi connectivity index (χ0v) is 17.2. The third-order valence-corrected chi connectivity index (χ3v) is 6.79. The van der Waals surface area contributed by atoms with Gasteiger partial charge in [0.2, 0.25) is 9.84 Å². The lowest BCUT2D eigenvalue weighted by Gasteiger charge is -2.17. The standard InChI is InChI=1S/C22H13NO9S/c24-18-8-3-12(9-17(18)22(29)30)23-19(25)15-7-6-14(10-16(15)20(23)26)33(31,32)13-4-1-11(2-5-13)21(27)28/h1-10,24H,(H,27,28)(H,29,30)/p-2. The van der Waals surface area contributed by atoms with Gasteiger partial charge in [-0.05, 0) is 48.0 Å². The van der Waals surface area contributed by atoms with Gasteiger partial charge in [0, 0.05) is 0 Å². The van der Waals surface area contributed by atoms with E-state index in [0.29, 0.717) is 4.90 Å². The highest BCUT2D eigenvalue weighted by atomic mass is 32.2. The molecule has 3 aromatic rings. The maximum absolute atomic E-state index is 12.9. The number of carbonyl (C=O) groups excluding carboxylic acids is 3. The summed E-state index contributed by atoms with van der Waals surface area (Å²) in [4.78, 5) is 47.9. The van der Waals surface area contributed by atoms with Crippen molar-refractivity contribution in [3.63, 3.8) is 0 Å². The van der Waals surface area contributed by atoms with Gasteiger partial charge in [0.05, 0.1) is 38.1 Å². The third kappa shape index (κ3) is 3.49. The van der Waals surface area contributed by atoms with Gasteiger partial charge in [-0.3, -0.25) is 9.59 Å². The van der Waals surface area contributed by atoms with E-state index in [0.717, 1.165) is 60.7 Å². The Hall–Kier alpha value is -4.51. The van der Waals surface area contributed by atoms with Crippen LogP contribution in [0.15, 0.2) is 70.5 Å². The highest BCUT2D eigenvalue weighted by molar-refractivity contribution is 7.91. The van der Waals surface area contributed by atoms with Crippen LogP contribution in [0, 0.1) is 0 Å². The average Bonchev–Trinajstić information content (AvgIpc) is 3.03. The van der Waals surface area contributed by atoms with E-state index >= 15 is 0 Å². The molecule has 0 saturated heterocycles. The molecule has 2 amide bonds. The van der Waals surface area contributed by atoms with Crippen LogP contribution in [0.25, 0.3) is 0 Å². The van der Waals surface area contributed by atoms with Crippen molar-refractivity contribution in [2.75, 3.05) is 4.90 Å². The summed E-state index contributed by atoms with van der Waals surface area (Å²) in [5.41, 5.74) is -1.33. The van der Waals surface area contributed by atoms with Gasteiger partial charge in [0.1, 0.15) is 0 Å². The molecule has 0 aliphatic carbocycles. The van der Waals surface area contributed by atoms with E-state index in [4.69, 9.17) is 5.11 Å². The summed E-state index contributed by atoms with van der Waals surface area (Å²) in [6.07, 6.45) is 0. The van der Waals surface area contributed by atoms with E-state index in [1.54, 1.807) is 0 Å². The van der Waals surface area contributed by atoms with Crippen LogP contribution in [-0.2, 0) is 9.84 Å². The Balaban J connectivity index is 1.74. The molecule has 10 nitrogen and oxygen atoms in total. The number of amides is 2. The Morgan fingerprint density at radius 2 is 1.42 bits per heavy atom. The van der Waals surface area contributed by atoms with Crippen LogP contribution >= 0.6 is 0 Å². The summed E-state index contributed by atoms with van der Waals surface area (Å²) < 4.78 is 25.9. The van der Waals surface area contributed by atoms with Gasteiger partial charge in [0.15, 0.2) is 0 Å². The van der Waals surface area contributed by atoms with E-state index in [-0.39, 0.29) is 32.2 Å². The van der Waals surface area contributed by atoms with Gasteiger partial charge >= 0.3 is 5.97 Å². The first-order valence-electron chi connectivity index (χ1n) is 9.16. The fraction of sp³-hybridized carbons (Fsp3) is 0. The van der Waals surface area contributed by atoms with E-state index in [2.05, 4.69) is 0 Å². The van der Waals surface area contributed by atoms with Crippen molar-refractivity contribution in [2.45, 2.75) is 9.79 Å². The number of rotatable bonds is 5. The van der Waals surface area contributed by atoms with Crippen LogP contribution in [0.3, 0.4) is 0 Å². The summed E-state index contributed by atoms with van der Waals surface area (Å²) >= 11 is 0. The molecular formula is C22H11NO9S-2. The molecule has 1 aliphatic heterocycles. The van der Waals surface area contributed by atoms with Gasteiger partial charge in [-0.25, -0.2) is 18.1 Å². The molecule has 11 heteroatoms. The quantitative estimate of drug-likeness (QED) is 0.525. The molecule has 0 radical (unpaired) electrons. The van der Waals surface area contributed by atoms with Crippen LogP contribution < -0.4 is 15.1 Å². The van der Waals surface area contributed by atoms with E-state index < -0.39 is 44.9 Å². The highest BCUT2D eigenvalue weighted by Crippen LogP contribution is 2.33. The minimum Gasteiger partial charge on any atom is -0.872 e. The second-order valence-electron chi connectivity index (χ2n) is 6.95. The molecule has 0 spiro atoms. The van der Waals surface area contributed by atoms with Crippen LogP contribution in [0.1, 0.15) is 41.4 Å². The molecule has 33 heavy (non-hydrogen) atoms. The molecule has 0 atom stereocenters. The van der Waals surface area contributed by atoms with Crippen molar-refractivity contribution in [2.24, 2.45) is 0 Å². The van der Waals surface area contributed by atoms with E-state index in [9.17, 15) is 37.8 Å². The fourth-order valence-electron chi connectivity index (χ4n) is 3.35. The molecule has 0 aromatic heterocycles. The number of hydrogen-bond acceptors (Lipinski definition) is 8. The average molecular weight is 465 g/mol. The summed E-state index contributed by atoms with van der Waals surface area (Å²) in [5, 5.41) is 31.7. The minimum atomic E-state index is -4.16. The van der Waals surface area contributed by atoms with Gasteiger partial charge in [-0.2, -0.15) is 0 Å². The van der Waals surface area contributed by atoms with E-state index in [1.165, 1.54) is 0 Å². The maximum atomic E-state index is 12.9. The number of hydrogen-bond donors (Lipinski definition) is 1. The Kier molecular flexibility index (Phi) is 4.98. The van der Waals surface area contributed by atoms with Crippen molar-refractivity contribution >= 4 is 39.3 Å². The molecule has 1 aliphatic rings. The number of nitrogens with zero attached hydrogens (tertiary/aromatic N) is 1. The molecule has 4 rings (SSSR count). The van der Waals surface area contributed by atoms with Crippen molar-refractivity contribution in [1.29, 1.82) is 0 Å². The van der Waals surface area contributed by atoms with E-state index in [1.807, 2.05) is 0 Å². The highest BCUT2D eigenvalue weighted by Gasteiger charge is 2.38. The van der Waals surface area contributed by atoms with Crippen LogP contribution in [-0.4, -0.2) is 37.3 Å². The number of carbonyl (C=O) groups is 4. The Morgan fingerprint density at radius 3 is 2.03 bits per heavy atom. The van der Waals surface area contributed by atoms with Crippen molar-refractivity contribution in [3.8, 4) is 5.75 Å². The second kappa shape index (κ2) is 7.57. The molecule has 0 saturated carbocycles. The molecule has 3 aromatic carbocycles. The van der Waals surface area contributed by atoms with Crippen molar-refractivity contribution < 1.29 is 42.9 Å². The minimum absolute atomic E-state index is 0.102. The second-order valence-corrected chi connectivity index (χ2v) is 8.90. The van der Waals surface area contributed by atoms with Crippen LogP contribution in [0.2, 0.25) is 0 Å². The predicted octanol–water partition coefficient (Wildman–Crippen LogP) is 0.455. The summed E-state index contributed by atoms with van der Waals surface area (Å²) in [6.45, 7) is 0. The Labute approximate surface area is 185 Å². The monoisotopic (exact) mass is 465 g/mol. The number of aromatic carboxylic acids is 2. The Bertz CT molecular complexity index is 1470. The number of imide groups is 1. The van der Waals surface area contributed by atoms with Crippen molar-refractivity contribution in [3.05, 3.63) is 82.9 Å². The zero-order chi connectivity index (χ0) is 24.1. The normalized spacial score (nSPS) is 13.2. The first-order chi connectivity index (χ1) is 15.5. The van der Waals surface area contributed by atoms with Crippen LogP contribution in [0.4, 0.5) is 5.69 Å². The Morgan fingerprint density at radius 1 is 0.818 bits per heavy atom.